The topological polar surface area (TPSA) is 49.4 Å². The van der Waals surface area contributed by atoms with E-state index in [1.807, 2.05) is 0 Å². The van der Waals surface area contributed by atoms with E-state index in [0.717, 1.165) is 4.90 Å². The minimum atomic E-state index is -4.31. The lowest BCUT2D eigenvalue weighted by atomic mass is 10.1. The molecule has 0 unspecified atom stereocenters. The number of alkyl halides is 2. The number of rotatable bonds is 3. The van der Waals surface area contributed by atoms with E-state index in [4.69, 9.17) is 11.6 Å². The van der Waals surface area contributed by atoms with Crippen molar-refractivity contribution in [1.82, 2.24) is 10.2 Å². The van der Waals surface area contributed by atoms with Crippen LogP contribution in [0.25, 0.3) is 0 Å². The summed E-state index contributed by atoms with van der Waals surface area (Å²) in [6.07, 6.45) is 0.586. The normalized spacial score (nSPS) is 18.2. The molecule has 2 rings (SSSR count). The third-order valence-electron chi connectivity index (χ3n) is 3.41. The molecule has 1 saturated heterocycles. The maximum Gasteiger partial charge on any atom is 0.356 e. The first-order valence-electron chi connectivity index (χ1n) is 6.45. The van der Waals surface area contributed by atoms with E-state index in [1.165, 1.54) is 5.32 Å². The minimum Gasteiger partial charge on any atom is -0.313 e. The minimum absolute atomic E-state index is 0.00526. The van der Waals surface area contributed by atoms with Crippen LogP contribution in [-0.2, 0) is 10.8 Å². The van der Waals surface area contributed by atoms with Crippen molar-refractivity contribution in [2.24, 2.45) is 0 Å². The zero-order valence-corrected chi connectivity index (χ0v) is 12.1. The van der Waals surface area contributed by atoms with Gasteiger partial charge in [0.05, 0.1) is 5.56 Å². The van der Waals surface area contributed by atoms with Gasteiger partial charge >= 0.3 is 12.1 Å². The number of amides is 2. The van der Waals surface area contributed by atoms with Crippen LogP contribution in [0, 0.1) is 17.5 Å². The molecule has 126 valence electrons. The SMILES string of the molecule is O=C(Cl)[C@@H]1CCCN1C(=O)NC(F)(F)c1ccc(F)c(F)c1F. The van der Waals surface area contributed by atoms with Gasteiger partial charge in [-0.05, 0) is 36.6 Å². The van der Waals surface area contributed by atoms with Gasteiger partial charge in [-0.15, -0.1) is 0 Å². The Hall–Kier alpha value is -1.90. The molecular weight excluding hydrogens is 347 g/mol. The van der Waals surface area contributed by atoms with Crippen molar-refractivity contribution in [3.05, 3.63) is 35.1 Å². The number of carbonyl (C=O) groups is 2. The van der Waals surface area contributed by atoms with Crippen molar-refractivity contribution in [3.63, 3.8) is 0 Å². The number of urea groups is 1. The smallest absolute Gasteiger partial charge is 0.313 e. The van der Waals surface area contributed by atoms with Crippen LogP contribution in [0.1, 0.15) is 18.4 Å². The summed E-state index contributed by atoms with van der Waals surface area (Å²) in [6, 6.07) is -6.10. The number of hydrogen-bond donors (Lipinski definition) is 1. The Morgan fingerprint density at radius 3 is 2.48 bits per heavy atom. The number of benzene rings is 1. The van der Waals surface area contributed by atoms with Crippen molar-refractivity contribution in [2.45, 2.75) is 24.9 Å². The van der Waals surface area contributed by atoms with Crippen LogP contribution in [-0.4, -0.2) is 28.8 Å². The number of halogens is 6. The van der Waals surface area contributed by atoms with E-state index in [2.05, 4.69) is 0 Å². The zero-order valence-electron chi connectivity index (χ0n) is 11.4. The lowest BCUT2D eigenvalue weighted by molar-refractivity contribution is -0.115. The Morgan fingerprint density at radius 2 is 1.87 bits per heavy atom. The summed E-state index contributed by atoms with van der Waals surface area (Å²) in [6.45, 7) is 0.00526. The van der Waals surface area contributed by atoms with E-state index in [1.54, 1.807) is 0 Å². The fraction of sp³-hybridized carbons (Fsp3) is 0.385. The molecule has 0 spiro atoms. The average molecular weight is 357 g/mol. The molecule has 23 heavy (non-hydrogen) atoms. The van der Waals surface area contributed by atoms with Gasteiger partial charge < -0.3 is 4.90 Å². The molecule has 1 N–H and O–H groups in total. The van der Waals surface area contributed by atoms with Gasteiger partial charge in [0.2, 0.25) is 5.24 Å². The van der Waals surface area contributed by atoms with Crippen LogP contribution >= 0.6 is 11.6 Å². The Kier molecular flexibility index (Phi) is 4.79. The number of nitrogens with one attached hydrogen (secondary N) is 1. The quantitative estimate of drug-likeness (QED) is 0.391. The molecule has 1 heterocycles. The molecular formula is C13H10ClF5N2O2. The second kappa shape index (κ2) is 6.31. The number of nitrogens with zero attached hydrogens (tertiary/aromatic N) is 1. The molecule has 0 saturated carbocycles. The van der Waals surface area contributed by atoms with Gasteiger partial charge in [-0.3, -0.25) is 10.1 Å². The van der Waals surface area contributed by atoms with Gasteiger partial charge in [-0.2, -0.15) is 8.78 Å². The van der Waals surface area contributed by atoms with E-state index in [-0.39, 0.29) is 13.0 Å². The van der Waals surface area contributed by atoms with Gasteiger partial charge in [0.1, 0.15) is 6.04 Å². The average Bonchev–Trinajstić information content (AvgIpc) is 2.93. The zero-order chi connectivity index (χ0) is 17.4. The summed E-state index contributed by atoms with van der Waals surface area (Å²) >= 11 is 5.28. The summed E-state index contributed by atoms with van der Waals surface area (Å²) in [5, 5.41) is 0.312. The standard InChI is InChI=1S/C13H10ClF5N2O2/c14-11(22)8-2-1-5-21(8)12(23)20-13(18,19)6-3-4-7(15)10(17)9(6)16/h3-4,8H,1-2,5H2,(H,20,23)/t8-/m0/s1. The Bertz CT molecular complexity index is 655. The molecule has 1 fully saturated rings. The van der Waals surface area contributed by atoms with Gasteiger partial charge in [0, 0.05) is 6.54 Å². The van der Waals surface area contributed by atoms with Gasteiger partial charge in [-0.1, -0.05) is 0 Å². The highest BCUT2D eigenvalue weighted by Gasteiger charge is 2.42. The maximum absolute atomic E-state index is 14.0. The van der Waals surface area contributed by atoms with Crippen molar-refractivity contribution >= 4 is 22.9 Å². The van der Waals surface area contributed by atoms with E-state index < -0.39 is 46.4 Å². The molecule has 2 amide bonds. The summed E-state index contributed by atoms with van der Waals surface area (Å²) in [5.41, 5.74) is -1.53. The second-order valence-electron chi connectivity index (χ2n) is 4.88. The number of carbonyl (C=O) groups excluding carboxylic acids is 2. The van der Waals surface area contributed by atoms with Crippen LogP contribution in [0.4, 0.5) is 26.7 Å². The first kappa shape index (κ1) is 17.5. The fourth-order valence-electron chi connectivity index (χ4n) is 2.29. The molecule has 1 aliphatic heterocycles. The fourth-order valence-corrected chi connectivity index (χ4v) is 2.51. The Labute approximate surface area is 132 Å². The van der Waals surface area contributed by atoms with Crippen LogP contribution in [0.5, 0.6) is 0 Å². The van der Waals surface area contributed by atoms with Crippen molar-refractivity contribution < 1.29 is 31.5 Å². The Balaban J connectivity index is 2.23. The van der Waals surface area contributed by atoms with Gasteiger partial charge in [0.15, 0.2) is 17.5 Å². The van der Waals surface area contributed by atoms with E-state index >= 15 is 0 Å². The highest BCUT2D eigenvalue weighted by atomic mass is 35.5. The lowest BCUT2D eigenvalue weighted by Crippen LogP contribution is -2.50. The van der Waals surface area contributed by atoms with Gasteiger partial charge in [0.25, 0.3) is 0 Å². The molecule has 1 aliphatic rings. The second-order valence-corrected chi connectivity index (χ2v) is 5.26. The summed E-state index contributed by atoms with van der Waals surface area (Å²) < 4.78 is 67.2. The molecule has 4 nitrogen and oxygen atoms in total. The molecule has 0 radical (unpaired) electrons. The molecule has 0 aromatic heterocycles. The molecule has 1 atom stereocenters. The van der Waals surface area contributed by atoms with Crippen LogP contribution < -0.4 is 5.32 Å². The van der Waals surface area contributed by atoms with E-state index in [9.17, 15) is 31.5 Å². The number of hydrogen-bond acceptors (Lipinski definition) is 2. The largest absolute Gasteiger partial charge is 0.356 e. The Morgan fingerprint density at radius 1 is 1.22 bits per heavy atom. The third kappa shape index (κ3) is 3.39. The molecule has 1 aromatic carbocycles. The van der Waals surface area contributed by atoms with Gasteiger partial charge in [-0.25, -0.2) is 18.0 Å². The summed E-state index contributed by atoms with van der Waals surface area (Å²) in [7, 11) is 0. The molecule has 1 aromatic rings. The van der Waals surface area contributed by atoms with Crippen LogP contribution in [0.2, 0.25) is 0 Å². The summed E-state index contributed by atoms with van der Waals surface area (Å²) in [5.74, 6) is -5.83. The molecule has 10 heteroatoms. The van der Waals surface area contributed by atoms with E-state index in [0.29, 0.717) is 18.6 Å². The highest BCUT2D eigenvalue weighted by Crippen LogP contribution is 2.30. The highest BCUT2D eigenvalue weighted by molar-refractivity contribution is 6.64. The predicted molar refractivity (Wildman–Crippen MR) is 69.3 cm³/mol. The molecule has 0 bridgehead atoms. The lowest BCUT2D eigenvalue weighted by Gasteiger charge is -2.26. The van der Waals surface area contributed by atoms with Crippen LogP contribution in [0.15, 0.2) is 12.1 Å². The maximum atomic E-state index is 14.0. The van der Waals surface area contributed by atoms with Crippen LogP contribution in [0.3, 0.4) is 0 Å². The van der Waals surface area contributed by atoms with Crippen molar-refractivity contribution in [2.75, 3.05) is 6.54 Å². The molecule has 0 aliphatic carbocycles. The third-order valence-corrected chi connectivity index (χ3v) is 3.66. The van der Waals surface area contributed by atoms with Crippen molar-refractivity contribution in [1.29, 1.82) is 0 Å². The first-order valence-corrected chi connectivity index (χ1v) is 6.83. The first-order chi connectivity index (χ1) is 10.6. The summed E-state index contributed by atoms with van der Waals surface area (Å²) in [4.78, 5) is 23.8. The van der Waals surface area contributed by atoms with Crippen molar-refractivity contribution in [3.8, 4) is 0 Å². The monoisotopic (exact) mass is 356 g/mol. The number of likely N-dealkylation sites (tertiary alicyclic amines) is 1. The predicted octanol–water partition coefficient (Wildman–Crippen LogP) is 3.09.